The Hall–Kier alpha value is -3.88. The van der Waals surface area contributed by atoms with Crippen molar-refractivity contribution < 1.29 is 9.18 Å². The van der Waals surface area contributed by atoms with Crippen molar-refractivity contribution in [2.75, 3.05) is 16.8 Å². The molecule has 3 rings (SSSR count). The van der Waals surface area contributed by atoms with Crippen molar-refractivity contribution in [3.8, 4) is 23.3 Å². The summed E-state index contributed by atoms with van der Waals surface area (Å²) in [5.41, 5.74) is 8.79. The van der Waals surface area contributed by atoms with Crippen molar-refractivity contribution in [2.45, 2.75) is 31.2 Å². The Morgan fingerprint density at radius 2 is 1.79 bits per heavy atom. The van der Waals surface area contributed by atoms with Crippen molar-refractivity contribution >= 4 is 29.2 Å². The van der Waals surface area contributed by atoms with E-state index in [1.807, 2.05) is 24.3 Å². The number of amides is 1. The van der Waals surface area contributed by atoms with Crippen molar-refractivity contribution in [1.82, 2.24) is 4.98 Å². The molecular weight excluding hydrogens is 437 g/mol. The van der Waals surface area contributed by atoms with Gasteiger partial charge < -0.3 is 11.1 Å². The number of nitrogens with two attached hydrogens (primary N) is 1. The summed E-state index contributed by atoms with van der Waals surface area (Å²) in [7, 11) is 0. The van der Waals surface area contributed by atoms with E-state index in [4.69, 9.17) is 5.73 Å². The summed E-state index contributed by atoms with van der Waals surface area (Å²) in [6.45, 7) is 4.16. The minimum absolute atomic E-state index is 0.0257. The standard InChI is InChI=1S/C25H22FN5OS/c1-15(2)16-7-9-17(10-8-16)23-18(13-27)24(29)31-25(19(23)14-28)33-12-11-22(32)30-21-6-4-3-5-20(21)26/h3-10,15H,11-12H2,1-2H3,(H2,29,31)(H,30,32). The van der Waals surface area contributed by atoms with Gasteiger partial charge in [-0.2, -0.15) is 10.5 Å². The number of benzene rings is 2. The first-order chi connectivity index (χ1) is 15.8. The number of carbonyl (C=O) groups excluding carboxylic acids is 1. The lowest BCUT2D eigenvalue weighted by Gasteiger charge is -2.14. The van der Waals surface area contributed by atoms with Crippen LogP contribution < -0.4 is 11.1 Å². The zero-order valence-electron chi connectivity index (χ0n) is 18.2. The normalized spacial score (nSPS) is 10.5. The number of nitriles is 2. The second kappa shape index (κ2) is 10.6. The van der Waals surface area contributed by atoms with E-state index < -0.39 is 5.82 Å². The minimum Gasteiger partial charge on any atom is -0.383 e. The van der Waals surface area contributed by atoms with E-state index in [0.717, 1.165) is 5.56 Å². The average molecular weight is 460 g/mol. The van der Waals surface area contributed by atoms with Crippen molar-refractivity contribution in [3.63, 3.8) is 0 Å². The lowest BCUT2D eigenvalue weighted by Crippen LogP contribution is -2.13. The number of anilines is 2. The number of para-hydroxylation sites is 1. The number of pyridine rings is 1. The van der Waals surface area contributed by atoms with Crippen molar-refractivity contribution in [3.05, 3.63) is 71.0 Å². The monoisotopic (exact) mass is 459 g/mol. The van der Waals surface area contributed by atoms with Gasteiger partial charge in [0.15, 0.2) is 0 Å². The molecule has 3 aromatic rings. The molecule has 0 unspecified atom stereocenters. The topological polar surface area (TPSA) is 116 Å². The van der Waals surface area contributed by atoms with Crippen LogP contribution in [0, 0.1) is 28.5 Å². The second-order valence-corrected chi connectivity index (χ2v) is 8.64. The maximum absolute atomic E-state index is 13.7. The van der Waals surface area contributed by atoms with Gasteiger partial charge in [0.1, 0.15) is 34.4 Å². The van der Waals surface area contributed by atoms with Crippen LogP contribution in [-0.4, -0.2) is 16.6 Å². The van der Waals surface area contributed by atoms with Gasteiger partial charge in [0.05, 0.1) is 11.3 Å². The highest BCUT2D eigenvalue weighted by atomic mass is 32.2. The number of nitrogens with one attached hydrogen (secondary N) is 1. The fourth-order valence-electron chi connectivity index (χ4n) is 3.24. The molecule has 8 heteroatoms. The maximum Gasteiger partial charge on any atom is 0.225 e. The van der Waals surface area contributed by atoms with Crippen LogP contribution in [0.1, 0.15) is 42.9 Å². The summed E-state index contributed by atoms with van der Waals surface area (Å²) in [5, 5.41) is 22.4. The van der Waals surface area contributed by atoms with Crippen LogP contribution >= 0.6 is 11.8 Å². The molecule has 2 aromatic carbocycles. The third kappa shape index (κ3) is 5.49. The molecule has 1 amide bonds. The Kier molecular flexibility index (Phi) is 7.66. The van der Waals surface area contributed by atoms with Gasteiger partial charge in [-0.05, 0) is 29.2 Å². The Morgan fingerprint density at radius 3 is 2.39 bits per heavy atom. The third-order valence-electron chi connectivity index (χ3n) is 5.00. The van der Waals surface area contributed by atoms with Gasteiger partial charge in [-0.3, -0.25) is 4.79 Å². The Balaban J connectivity index is 1.84. The molecule has 0 aliphatic carbocycles. The molecule has 0 radical (unpaired) electrons. The predicted octanol–water partition coefficient (Wildman–Crippen LogP) is 5.46. The highest BCUT2D eigenvalue weighted by molar-refractivity contribution is 7.99. The number of nitrogens with zero attached hydrogens (tertiary/aromatic N) is 3. The summed E-state index contributed by atoms with van der Waals surface area (Å²) in [5.74, 6) is -0.220. The minimum atomic E-state index is -0.514. The SMILES string of the molecule is CC(C)c1ccc(-c2c(C#N)c(N)nc(SCCC(=O)Nc3ccccc3F)c2C#N)cc1. The zero-order chi connectivity index (χ0) is 24.0. The van der Waals surface area contributed by atoms with Crippen LogP contribution in [0.15, 0.2) is 53.6 Å². The highest BCUT2D eigenvalue weighted by Crippen LogP contribution is 2.36. The molecule has 1 heterocycles. The first kappa shape index (κ1) is 23.8. The van der Waals surface area contributed by atoms with Gasteiger partial charge in [0.2, 0.25) is 5.91 Å². The molecule has 0 bridgehead atoms. The van der Waals surface area contributed by atoms with Crippen molar-refractivity contribution in [1.29, 1.82) is 10.5 Å². The van der Waals surface area contributed by atoms with Crippen LogP contribution in [0.3, 0.4) is 0 Å². The number of hydrogen-bond donors (Lipinski definition) is 2. The van der Waals surface area contributed by atoms with Crippen LogP contribution in [0.2, 0.25) is 0 Å². The van der Waals surface area contributed by atoms with Crippen LogP contribution in [-0.2, 0) is 4.79 Å². The van der Waals surface area contributed by atoms with Gasteiger partial charge in [0.25, 0.3) is 0 Å². The zero-order valence-corrected chi connectivity index (χ0v) is 19.0. The molecule has 0 atom stereocenters. The number of rotatable bonds is 7. The first-order valence-electron chi connectivity index (χ1n) is 10.3. The molecule has 6 nitrogen and oxygen atoms in total. The molecule has 1 aromatic heterocycles. The lowest BCUT2D eigenvalue weighted by atomic mass is 9.94. The van der Waals surface area contributed by atoms with Gasteiger partial charge in [-0.15, -0.1) is 11.8 Å². The van der Waals surface area contributed by atoms with E-state index in [-0.39, 0.29) is 35.0 Å². The van der Waals surface area contributed by atoms with E-state index in [2.05, 4.69) is 36.3 Å². The molecule has 3 N–H and O–H groups in total. The average Bonchev–Trinajstić information content (AvgIpc) is 2.80. The van der Waals surface area contributed by atoms with E-state index in [0.29, 0.717) is 27.8 Å². The highest BCUT2D eigenvalue weighted by Gasteiger charge is 2.21. The van der Waals surface area contributed by atoms with Gasteiger partial charge in [0, 0.05) is 17.7 Å². The summed E-state index contributed by atoms with van der Waals surface area (Å²) < 4.78 is 13.7. The number of thioether (sulfide) groups is 1. The van der Waals surface area contributed by atoms with E-state index >= 15 is 0 Å². The predicted molar refractivity (Wildman–Crippen MR) is 128 cm³/mol. The third-order valence-corrected chi connectivity index (χ3v) is 5.97. The number of aromatic nitrogens is 1. The number of halogens is 1. The molecule has 0 saturated heterocycles. The Morgan fingerprint density at radius 1 is 1.12 bits per heavy atom. The van der Waals surface area contributed by atoms with E-state index in [9.17, 15) is 19.7 Å². The Labute approximate surface area is 196 Å². The number of nitrogen functional groups attached to an aromatic ring is 1. The van der Waals surface area contributed by atoms with E-state index in [1.54, 1.807) is 12.1 Å². The fourth-order valence-corrected chi connectivity index (χ4v) is 4.18. The molecular formula is C25H22FN5OS. The van der Waals surface area contributed by atoms with Gasteiger partial charge in [-0.1, -0.05) is 50.2 Å². The summed E-state index contributed by atoms with van der Waals surface area (Å²) >= 11 is 1.19. The van der Waals surface area contributed by atoms with Crippen LogP contribution in [0.4, 0.5) is 15.9 Å². The number of carbonyl (C=O) groups is 1. The summed E-state index contributed by atoms with van der Waals surface area (Å²) in [6.07, 6.45) is 0.0733. The van der Waals surface area contributed by atoms with Crippen molar-refractivity contribution in [2.24, 2.45) is 0 Å². The van der Waals surface area contributed by atoms with Gasteiger partial charge >= 0.3 is 0 Å². The largest absolute Gasteiger partial charge is 0.383 e. The second-order valence-electron chi connectivity index (χ2n) is 7.55. The molecule has 166 valence electrons. The molecule has 0 saturated carbocycles. The van der Waals surface area contributed by atoms with E-state index in [1.165, 1.54) is 23.9 Å². The molecule has 0 aliphatic heterocycles. The summed E-state index contributed by atoms with van der Waals surface area (Å²) in [4.78, 5) is 16.5. The van der Waals surface area contributed by atoms with Crippen LogP contribution in [0.25, 0.3) is 11.1 Å². The maximum atomic E-state index is 13.7. The summed E-state index contributed by atoms with van der Waals surface area (Å²) in [6, 6.07) is 17.8. The fraction of sp³-hybridized carbons (Fsp3) is 0.200. The Bertz CT molecular complexity index is 1260. The quantitative estimate of drug-likeness (QED) is 0.454. The van der Waals surface area contributed by atoms with Gasteiger partial charge in [-0.25, -0.2) is 9.37 Å². The molecule has 0 spiro atoms. The molecule has 0 fully saturated rings. The molecule has 0 aliphatic rings. The first-order valence-corrected chi connectivity index (χ1v) is 11.3. The van der Waals surface area contributed by atoms with Crippen LogP contribution in [0.5, 0.6) is 0 Å². The number of hydrogen-bond acceptors (Lipinski definition) is 6. The lowest BCUT2D eigenvalue weighted by molar-refractivity contribution is -0.115. The smallest absolute Gasteiger partial charge is 0.225 e. The molecule has 33 heavy (non-hydrogen) atoms.